The standard InChI is InChI=1S/C17H22N2OS/c1-12-14-7-3-4-8-15(14)21-16(12)17(20)19-9-5-6-13(11-19)10-18-2/h3-4,7-8,13,18H,5-6,9-11H2,1-2H3. The lowest BCUT2D eigenvalue weighted by atomic mass is 9.97. The molecule has 1 unspecified atom stereocenters. The third-order valence-corrected chi connectivity index (χ3v) is 5.60. The fraction of sp³-hybridized carbons (Fsp3) is 0.471. The number of piperidine rings is 1. The van der Waals surface area contributed by atoms with E-state index in [4.69, 9.17) is 0 Å². The maximum Gasteiger partial charge on any atom is 0.264 e. The lowest BCUT2D eigenvalue weighted by Gasteiger charge is -2.32. The van der Waals surface area contributed by atoms with Crippen molar-refractivity contribution < 1.29 is 4.79 Å². The van der Waals surface area contributed by atoms with Crippen LogP contribution in [0.25, 0.3) is 10.1 Å². The first kappa shape index (κ1) is 14.5. The Balaban J connectivity index is 1.84. The van der Waals surface area contributed by atoms with E-state index < -0.39 is 0 Å². The van der Waals surface area contributed by atoms with Gasteiger partial charge in [0.1, 0.15) is 0 Å². The van der Waals surface area contributed by atoms with Crippen LogP contribution < -0.4 is 5.32 Å². The molecule has 0 bridgehead atoms. The molecule has 2 heterocycles. The number of likely N-dealkylation sites (tertiary alicyclic amines) is 1. The largest absolute Gasteiger partial charge is 0.338 e. The zero-order chi connectivity index (χ0) is 14.8. The number of carbonyl (C=O) groups is 1. The molecule has 1 amide bonds. The van der Waals surface area contributed by atoms with Gasteiger partial charge in [-0.1, -0.05) is 18.2 Å². The lowest BCUT2D eigenvalue weighted by molar-refractivity contribution is 0.0678. The van der Waals surface area contributed by atoms with Gasteiger partial charge in [-0.2, -0.15) is 0 Å². The van der Waals surface area contributed by atoms with Gasteiger partial charge in [0.05, 0.1) is 4.88 Å². The summed E-state index contributed by atoms with van der Waals surface area (Å²) in [6.45, 7) is 4.84. The van der Waals surface area contributed by atoms with Gasteiger partial charge in [0, 0.05) is 17.8 Å². The van der Waals surface area contributed by atoms with Crippen LogP contribution in [0, 0.1) is 12.8 Å². The van der Waals surface area contributed by atoms with Crippen LogP contribution in [0.4, 0.5) is 0 Å². The molecule has 0 aliphatic carbocycles. The van der Waals surface area contributed by atoms with E-state index in [0.717, 1.165) is 36.5 Å². The molecule has 1 aromatic heterocycles. The maximum absolute atomic E-state index is 12.9. The quantitative estimate of drug-likeness (QED) is 0.943. The van der Waals surface area contributed by atoms with Gasteiger partial charge in [-0.25, -0.2) is 0 Å². The van der Waals surface area contributed by atoms with Gasteiger partial charge in [-0.3, -0.25) is 4.79 Å². The summed E-state index contributed by atoms with van der Waals surface area (Å²) >= 11 is 1.63. The van der Waals surface area contributed by atoms with Crippen molar-refractivity contribution >= 4 is 27.3 Å². The zero-order valence-electron chi connectivity index (χ0n) is 12.7. The Bertz CT molecular complexity index is 647. The molecule has 0 saturated carbocycles. The molecular weight excluding hydrogens is 280 g/mol. The fourth-order valence-corrected chi connectivity index (χ4v) is 4.40. The first-order chi connectivity index (χ1) is 10.2. The van der Waals surface area contributed by atoms with Crippen molar-refractivity contribution in [3.63, 3.8) is 0 Å². The smallest absolute Gasteiger partial charge is 0.264 e. The lowest BCUT2D eigenvalue weighted by Crippen LogP contribution is -2.42. The van der Waals surface area contributed by atoms with E-state index >= 15 is 0 Å². The summed E-state index contributed by atoms with van der Waals surface area (Å²) in [4.78, 5) is 15.8. The number of aryl methyl sites for hydroxylation is 1. The van der Waals surface area contributed by atoms with Crippen LogP contribution >= 0.6 is 11.3 Å². The average Bonchev–Trinajstić information content (AvgIpc) is 2.85. The van der Waals surface area contributed by atoms with Crippen LogP contribution in [0.5, 0.6) is 0 Å². The molecule has 0 spiro atoms. The van der Waals surface area contributed by atoms with Gasteiger partial charge in [-0.05, 0) is 56.3 Å². The minimum atomic E-state index is 0.217. The molecule has 112 valence electrons. The molecule has 1 aromatic carbocycles. The minimum Gasteiger partial charge on any atom is -0.338 e. The van der Waals surface area contributed by atoms with Gasteiger partial charge in [0.25, 0.3) is 5.91 Å². The highest BCUT2D eigenvalue weighted by atomic mass is 32.1. The van der Waals surface area contributed by atoms with Crippen LogP contribution in [0.15, 0.2) is 24.3 Å². The normalized spacial score (nSPS) is 19.1. The van der Waals surface area contributed by atoms with Crippen molar-refractivity contribution in [1.29, 1.82) is 0 Å². The van der Waals surface area contributed by atoms with E-state index in [1.807, 2.05) is 24.1 Å². The van der Waals surface area contributed by atoms with Crippen LogP contribution in [-0.2, 0) is 0 Å². The number of nitrogens with zero attached hydrogens (tertiary/aromatic N) is 1. The molecule has 1 aliphatic rings. The number of hydrogen-bond acceptors (Lipinski definition) is 3. The monoisotopic (exact) mass is 302 g/mol. The molecule has 1 N–H and O–H groups in total. The Labute approximate surface area is 130 Å². The Kier molecular flexibility index (Phi) is 4.27. The van der Waals surface area contributed by atoms with Crippen LogP contribution in [-0.4, -0.2) is 37.5 Å². The highest BCUT2D eigenvalue weighted by Gasteiger charge is 2.26. The third kappa shape index (κ3) is 2.83. The molecule has 0 radical (unpaired) electrons. The zero-order valence-corrected chi connectivity index (χ0v) is 13.5. The van der Waals surface area contributed by atoms with E-state index in [-0.39, 0.29) is 5.91 Å². The van der Waals surface area contributed by atoms with E-state index in [1.165, 1.54) is 16.5 Å². The predicted molar refractivity (Wildman–Crippen MR) is 89.1 cm³/mol. The van der Waals surface area contributed by atoms with Crippen molar-refractivity contribution in [1.82, 2.24) is 10.2 Å². The summed E-state index contributed by atoms with van der Waals surface area (Å²) in [7, 11) is 1.98. The Morgan fingerprint density at radius 1 is 1.43 bits per heavy atom. The first-order valence-electron chi connectivity index (χ1n) is 7.62. The second-order valence-corrected chi connectivity index (χ2v) is 6.92. The molecule has 1 aliphatic heterocycles. The molecule has 1 saturated heterocycles. The van der Waals surface area contributed by atoms with Gasteiger partial charge in [0.2, 0.25) is 0 Å². The number of nitrogens with one attached hydrogen (secondary N) is 1. The number of carbonyl (C=O) groups excluding carboxylic acids is 1. The average molecular weight is 302 g/mol. The van der Waals surface area contributed by atoms with E-state index in [2.05, 4.69) is 24.4 Å². The van der Waals surface area contributed by atoms with Crippen molar-refractivity contribution in [3.05, 3.63) is 34.7 Å². The SMILES string of the molecule is CNCC1CCCN(C(=O)c2sc3ccccc3c2C)C1. The number of hydrogen-bond donors (Lipinski definition) is 1. The first-order valence-corrected chi connectivity index (χ1v) is 8.44. The van der Waals surface area contributed by atoms with Crippen molar-refractivity contribution in [3.8, 4) is 0 Å². The van der Waals surface area contributed by atoms with Crippen molar-refractivity contribution in [2.45, 2.75) is 19.8 Å². The van der Waals surface area contributed by atoms with Crippen molar-refractivity contribution in [2.24, 2.45) is 5.92 Å². The van der Waals surface area contributed by atoms with Gasteiger partial charge in [0.15, 0.2) is 0 Å². The molecule has 21 heavy (non-hydrogen) atoms. The Morgan fingerprint density at radius 2 is 2.24 bits per heavy atom. The number of amides is 1. The summed E-state index contributed by atoms with van der Waals surface area (Å²) in [6, 6.07) is 8.29. The molecular formula is C17H22N2OS. The summed E-state index contributed by atoms with van der Waals surface area (Å²) in [6.07, 6.45) is 2.33. The van der Waals surface area contributed by atoms with E-state index in [9.17, 15) is 4.79 Å². The maximum atomic E-state index is 12.9. The number of rotatable bonds is 3. The highest BCUT2D eigenvalue weighted by Crippen LogP contribution is 2.32. The number of thiophene rings is 1. The van der Waals surface area contributed by atoms with Gasteiger partial charge >= 0.3 is 0 Å². The van der Waals surface area contributed by atoms with Crippen LogP contribution in [0.1, 0.15) is 28.1 Å². The second-order valence-electron chi connectivity index (χ2n) is 5.87. The predicted octanol–water partition coefficient (Wildman–Crippen LogP) is 3.28. The summed E-state index contributed by atoms with van der Waals surface area (Å²) in [5, 5.41) is 4.45. The van der Waals surface area contributed by atoms with Gasteiger partial charge < -0.3 is 10.2 Å². The topological polar surface area (TPSA) is 32.3 Å². The second kappa shape index (κ2) is 6.16. The van der Waals surface area contributed by atoms with Gasteiger partial charge in [-0.15, -0.1) is 11.3 Å². The molecule has 3 nitrogen and oxygen atoms in total. The van der Waals surface area contributed by atoms with E-state index in [0.29, 0.717) is 5.92 Å². The molecule has 4 heteroatoms. The number of fused-ring (bicyclic) bond motifs is 1. The Morgan fingerprint density at radius 3 is 3.00 bits per heavy atom. The summed E-state index contributed by atoms with van der Waals surface area (Å²) in [5.41, 5.74) is 1.14. The molecule has 2 aromatic rings. The number of benzene rings is 1. The highest BCUT2D eigenvalue weighted by molar-refractivity contribution is 7.21. The fourth-order valence-electron chi connectivity index (χ4n) is 3.23. The van der Waals surface area contributed by atoms with Crippen LogP contribution in [0.2, 0.25) is 0 Å². The van der Waals surface area contributed by atoms with Crippen LogP contribution in [0.3, 0.4) is 0 Å². The molecule has 1 fully saturated rings. The van der Waals surface area contributed by atoms with Crippen molar-refractivity contribution in [2.75, 3.05) is 26.7 Å². The molecule has 1 atom stereocenters. The minimum absolute atomic E-state index is 0.217. The third-order valence-electron chi connectivity index (χ3n) is 4.34. The summed E-state index contributed by atoms with van der Waals surface area (Å²) < 4.78 is 1.21. The molecule has 3 rings (SSSR count). The summed E-state index contributed by atoms with van der Waals surface area (Å²) in [5.74, 6) is 0.803. The van der Waals surface area contributed by atoms with E-state index in [1.54, 1.807) is 11.3 Å². The Hall–Kier alpha value is -1.39.